The molecule has 2 amide bonds. The molecule has 2 aromatic heterocycles. The quantitative estimate of drug-likeness (QED) is 0.140. The van der Waals surface area contributed by atoms with Crippen LogP contribution in [0.5, 0.6) is 5.75 Å². The highest BCUT2D eigenvalue weighted by atomic mass is 35.5. The second kappa shape index (κ2) is 12.4. The lowest BCUT2D eigenvalue weighted by Gasteiger charge is -2.48. The number of aromatic nitrogens is 2. The summed E-state index contributed by atoms with van der Waals surface area (Å²) in [7, 11) is 1.63. The van der Waals surface area contributed by atoms with Crippen molar-refractivity contribution in [2.24, 2.45) is 0 Å². The van der Waals surface area contributed by atoms with E-state index in [-0.39, 0.29) is 18.4 Å². The minimum absolute atomic E-state index is 0.184. The Labute approximate surface area is 265 Å². The van der Waals surface area contributed by atoms with Crippen molar-refractivity contribution in [2.75, 3.05) is 20.2 Å². The number of aromatic amines is 2. The maximum atomic E-state index is 15.0. The Bertz CT molecular complexity index is 1880. The first-order chi connectivity index (χ1) is 21.3. The van der Waals surface area contributed by atoms with Gasteiger partial charge in [0.1, 0.15) is 5.75 Å². The van der Waals surface area contributed by atoms with Gasteiger partial charge in [0.15, 0.2) is 5.66 Å². The number of para-hydroxylation sites is 1. The summed E-state index contributed by atoms with van der Waals surface area (Å²) >= 11 is 12.4. The van der Waals surface area contributed by atoms with E-state index in [9.17, 15) is 9.59 Å². The number of hydrogen-bond acceptors (Lipinski definition) is 4. The Kier molecular flexibility index (Phi) is 8.40. The molecule has 5 aromatic rings. The van der Waals surface area contributed by atoms with Gasteiger partial charge in [-0.3, -0.25) is 14.5 Å². The van der Waals surface area contributed by atoms with Gasteiger partial charge in [-0.1, -0.05) is 59.6 Å². The standard InChI is InChI=1S/C34H33Cl2N5O3/c1-21(42)40-34(41-14-6-3-7-15-41,33(43)39-18-22-10-12-28(35)29(36)16-22)32(26-19-37-30-9-5-4-8-24(26)30)27-20-38-31-13-11-23(44-2)17-25(27)31/h3-6,8-13,16-17,19-20,32,37-38H,7,14-15,18H2,1-2H3,(H,39,43)(H,40,42). The molecule has 1 aliphatic rings. The van der Waals surface area contributed by atoms with Crippen LogP contribution >= 0.6 is 23.2 Å². The fourth-order valence-electron chi connectivity index (χ4n) is 6.30. The van der Waals surface area contributed by atoms with Crippen LogP contribution in [0.2, 0.25) is 10.0 Å². The van der Waals surface area contributed by atoms with Gasteiger partial charge in [-0.2, -0.15) is 0 Å². The van der Waals surface area contributed by atoms with Crippen LogP contribution in [0, 0.1) is 0 Å². The van der Waals surface area contributed by atoms with E-state index >= 15 is 0 Å². The van der Waals surface area contributed by atoms with E-state index in [0.29, 0.717) is 28.9 Å². The fraction of sp³-hybridized carbons (Fsp3) is 0.235. The number of H-pyrrole nitrogens is 2. The molecule has 0 saturated carbocycles. The van der Waals surface area contributed by atoms with Crippen LogP contribution in [0.4, 0.5) is 0 Å². The number of ether oxygens (including phenoxy) is 1. The molecule has 0 bridgehead atoms. The van der Waals surface area contributed by atoms with Crippen molar-refractivity contribution < 1.29 is 14.3 Å². The molecule has 2 unspecified atom stereocenters. The summed E-state index contributed by atoms with van der Waals surface area (Å²) in [5, 5.41) is 9.01. The van der Waals surface area contributed by atoms with Crippen molar-refractivity contribution in [3.8, 4) is 5.75 Å². The van der Waals surface area contributed by atoms with Crippen molar-refractivity contribution >= 4 is 56.8 Å². The minimum atomic E-state index is -1.53. The first-order valence-corrected chi connectivity index (χ1v) is 15.2. The van der Waals surface area contributed by atoms with Crippen molar-refractivity contribution in [1.82, 2.24) is 25.5 Å². The maximum absolute atomic E-state index is 15.0. The van der Waals surface area contributed by atoms with Crippen LogP contribution in [0.15, 0.2) is 85.2 Å². The smallest absolute Gasteiger partial charge is 0.262 e. The zero-order chi connectivity index (χ0) is 30.8. The second-order valence-corrected chi connectivity index (χ2v) is 11.8. The second-order valence-electron chi connectivity index (χ2n) is 11.0. The number of hydrogen-bond donors (Lipinski definition) is 4. The molecule has 3 aromatic carbocycles. The molecule has 226 valence electrons. The van der Waals surface area contributed by atoms with E-state index in [1.54, 1.807) is 19.2 Å². The van der Waals surface area contributed by atoms with Gasteiger partial charge in [-0.25, -0.2) is 0 Å². The predicted octanol–water partition coefficient (Wildman–Crippen LogP) is 6.51. The number of benzene rings is 3. The van der Waals surface area contributed by atoms with E-state index in [4.69, 9.17) is 27.9 Å². The lowest BCUT2D eigenvalue weighted by molar-refractivity contribution is -0.143. The monoisotopic (exact) mass is 629 g/mol. The lowest BCUT2D eigenvalue weighted by atomic mass is 9.77. The summed E-state index contributed by atoms with van der Waals surface area (Å²) in [5.74, 6) is -0.636. The molecule has 0 aliphatic carbocycles. The number of halogens is 2. The maximum Gasteiger partial charge on any atom is 0.262 e. The van der Waals surface area contributed by atoms with E-state index in [1.807, 2.05) is 67.0 Å². The van der Waals surface area contributed by atoms with E-state index < -0.39 is 11.6 Å². The zero-order valence-corrected chi connectivity index (χ0v) is 25.9. The number of nitrogens with zero attached hydrogens (tertiary/aromatic N) is 1. The van der Waals surface area contributed by atoms with Crippen LogP contribution < -0.4 is 15.4 Å². The topological polar surface area (TPSA) is 102 Å². The van der Waals surface area contributed by atoms with Crippen molar-refractivity contribution in [3.05, 3.63) is 112 Å². The third kappa shape index (κ3) is 5.45. The summed E-state index contributed by atoms with van der Waals surface area (Å²) in [6.45, 7) is 2.65. The van der Waals surface area contributed by atoms with Crippen LogP contribution in [0.1, 0.15) is 36.0 Å². The molecular weight excluding hydrogens is 597 g/mol. The van der Waals surface area contributed by atoms with Gasteiger partial charge in [0.2, 0.25) is 5.91 Å². The highest BCUT2D eigenvalue weighted by molar-refractivity contribution is 6.42. The Balaban J connectivity index is 1.60. The van der Waals surface area contributed by atoms with Crippen molar-refractivity contribution in [2.45, 2.75) is 31.5 Å². The minimum Gasteiger partial charge on any atom is -0.497 e. The van der Waals surface area contributed by atoms with Crippen LogP contribution in [-0.4, -0.2) is 52.5 Å². The molecule has 8 nitrogen and oxygen atoms in total. The summed E-state index contributed by atoms with van der Waals surface area (Å²) in [6, 6.07) is 19.0. The van der Waals surface area contributed by atoms with E-state index in [2.05, 4.69) is 31.6 Å². The molecule has 0 radical (unpaired) electrons. The molecule has 10 heteroatoms. The zero-order valence-electron chi connectivity index (χ0n) is 24.4. The van der Waals surface area contributed by atoms with E-state index in [1.165, 1.54) is 6.92 Å². The molecule has 2 atom stereocenters. The first kappa shape index (κ1) is 29.8. The van der Waals surface area contributed by atoms with Gasteiger partial charge in [-0.05, 0) is 59.5 Å². The summed E-state index contributed by atoms with van der Waals surface area (Å²) in [6.07, 6.45) is 8.73. The molecule has 0 spiro atoms. The molecule has 44 heavy (non-hydrogen) atoms. The number of carbonyl (C=O) groups is 2. The highest BCUT2D eigenvalue weighted by Crippen LogP contribution is 2.44. The Hall–Kier alpha value is -4.24. The van der Waals surface area contributed by atoms with E-state index in [0.717, 1.165) is 44.9 Å². The van der Waals surface area contributed by atoms with Crippen LogP contribution in [0.25, 0.3) is 21.8 Å². The molecule has 0 saturated heterocycles. The Morgan fingerprint density at radius 2 is 1.70 bits per heavy atom. The average Bonchev–Trinajstić information content (AvgIpc) is 3.65. The van der Waals surface area contributed by atoms with Gasteiger partial charge < -0.3 is 25.3 Å². The number of methoxy groups -OCH3 is 1. The predicted molar refractivity (Wildman–Crippen MR) is 175 cm³/mol. The molecule has 1 aliphatic heterocycles. The molecule has 0 fully saturated rings. The third-order valence-corrected chi connectivity index (χ3v) is 9.03. The third-order valence-electron chi connectivity index (χ3n) is 8.29. The summed E-state index contributed by atoms with van der Waals surface area (Å²) in [5.41, 5.74) is 2.78. The number of nitrogens with one attached hydrogen (secondary N) is 4. The summed E-state index contributed by atoms with van der Waals surface area (Å²) < 4.78 is 5.60. The van der Waals surface area contributed by atoms with Crippen molar-refractivity contribution in [3.63, 3.8) is 0 Å². The van der Waals surface area contributed by atoms with Crippen LogP contribution in [-0.2, 0) is 16.1 Å². The molecular formula is C34H33Cl2N5O3. The highest BCUT2D eigenvalue weighted by Gasteiger charge is 2.53. The van der Waals surface area contributed by atoms with Gasteiger partial charge in [0, 0.05) is 60.8 Å². The summed E-state index contributed by atoms with van der Waals surface area (Å²) in [4.78, 5) is 37.0. The Morgan fingerprint density at radius 1 is 0.955 bits per heavy atom. The first-order valence-electron chi connectivity index (χ1n) is 14.4. The SMILES string of the molecule is COc1ccc2[nH]cc(C(c3c[nH]c4ccccc34)C(NC(C)=O)(C(=O)NCc3ccc(Cl)c(Cl)c3)N3CC=CCC3)c2c1. The fourth-order valence-corrected chi connectivity index (χ4v) is 6.62. The lowest BCUT2D eigenvalue weighted by Crippen LogP contribution is -2.71. The molecule has 3 heterocycles. The number of rotatable bonds is 9. The molecule has 4 N–H and O–H groups in total. The van der Waals surface area contributed by atoms with Gasteiger partial charge in [0.05, 0.1) is 23.1 Å². The van der Waals surface area contributed by atoms with Crippen molar-refractivity contribution in [1.29, 1.82) is 0 Å². The Morgan fingerprint density at radius 3 is 2.41 bits per heavy atom. The number of amides is 2. The van der Waals surface area contributed by atoms with Gasteiger partial charge in [0.25, 0.3) is 5.91 Å². The van der Waals surface area contributed by atoms with Gasteiger partial charge in [-0.15, -0.1) is 0 Å². The largest absolute Gasteiger partial charge is 0.497 e. The number of fused-ring (bicyclic) bond motifs is 2. The average molecular weight is 631 g/mol. The van der Waals surface area contributed by atoms with Gasteiger partial charge >= 0.3 is 0 Å². The normalized spacial score (nSPS) is 15.6. The van der Waals surface area contributed by atoms with Crippen LogP contribution in [0.3, 0.4) is 0 Å². The number of carbonyl (C=O) groups excluding carboxylic acids is 2. The molecule has 6 rings (SSSR count).